The maximum absolute atomic E-state index is 11.5. The summed E-state index contributed by atoms with van der Waals surface area (Å²) in [6.45, 7) is 1.96. The monoisotopic (exact) mass is 190 g/mol. The molecule has 1 aromatic rings. The predicted molar refractivity (Wildman–Crippen MR) is 53.5 cm³/mol. The fourth-order valence-corrected chi connectivity index (χ4v) is 1.38. The Balaban J connectivity index is 1.95. The van der Waals surface area contributed by atoms with Crippen LogP contribution in [0.1, 0.15) is 31.5 Å². The number of hydrogen-bond donors (Lipinski definition) is 1. The van der Waals surface area contributed by atoms with Crippen LogP contribution in [0.15, 0.2) is 24.4 Å². The Hall–Kier alpha value is -1.38. The van der Waals surface area contributed by atoms with E-state index in [4.69, 9.17) is 0 Å². The molecule has 1 atom stereocenters. The molecule has 3 nitrogen and oxygen atoms in total. The first kappa shape index (κ1) is 9.19. The fraction of sp³-hybridized carbons (Fsp3) is 0.455. The molecule has 74 valence electrons. The molecule has 0 spiro atoms. The lowest BCUT2D eigenvalue weighted by Crippen LogP contribution is -2.28. The molecule has 1 amide bonds. The van der Waals surface area contributed by atoms with Crippen LogP contribution in [0, 0.1) is 5.92 Å². The third kappa shape index (κ3) is 2.10. The van der Waals surface area contributed by atoms with Gasteiger partial charge in [-0.25, -0.2) is 0 Å². The van der Waals surface area contributed by atoms with Crippen LogP contribution in [0.25, 0.3) is 0 Å². The number of rotatable bonds is 3. The van der Waals surface area contributed by atoms with Crippen molar-refractivity contribution in [1.82, 2.24) is 10.3 Å². The lowest BCUT2D eigenvalue weighted by molar-refractivity contribution is -0.122. The van der Waals surface area contributed by atoms with Gasteiger partial charge in [0.1, 0.15) is 0 Å². The normalized spacial score (nSPS) is 17.5. The average Bonchev–Trinajstić information content (AvgIpc) is 3.02. The minimum atomic E-state index is 0.0179. The van der Waals surface area contributed by atoms with Gasteiger partial charge in [-0.1, -0.05) is 6.07 Å². The number of nitrogens with zero attached hydrogens (tertiary/aromatic N) is 1. The van der Waals surface area contributed by atoms with Crippen LogP contribution in [0.4, 0.5) is 0 Å². The third-order valence-electron chi connectivity index (χ3n) is 2.44. The van der Waals surface area contributed by atoms with Crippen LogP contribution in [-0.2, 0) is 4.79 Å². The zero-order valence-corrected chi connectivity index (χ0v) is 8.23. The zero-order valence-electron chi connectivity index (χ0n) is 8.23. The van der Waals surface area contributed by atoms with Gasteiger partial charge in [-0.3, -0.25) is 9.78 Å². The van der Waals surface area contributed by atoms with E-state index < -0.39 is 0 Å². The summed E-state index contributed by atoms with van der Waals surface area (Å²) >= 11 is 0. The molecule has 1 aliphatic carbocycles. The van der Waals surface area contributed by atoms with Gasteiger partial charge in [0.25, 0.3) is 0 Å². The van der Waals surface area contributed by atoms with E-state index in [0.717, 1.165) is 18.5 Å². The Morgan fingerprint density at radius 1 is 1.57 bits per heavy atom. The highest BCUT2D eigenvalue weighted by molar-refractivity contribution is 5.81. The minimum Gasteiger partial charge on any atom is -0.348 e. The Morgan fingerprint density at radius 3 is 2.93 bits per heavy atom. The molecule has 1 saturated carbocycles. The van der Waals surface area contributed by atoms with E-state index in [2.05, 4.69) is 10.3 Å². The standard InChI is InChI=1S/C11H14N2O/c1-8(10-4-2-3-7-12-10)13-11(14)9-5-6-9/h2-4,7-9H,5-6H2,1H3,(H,13,14). The molecular weight excluding hydrogens is 176 g/mol. The molecule has 1 heterocycles. The van der Waals surface area contributed by atoms with Crippen molar-refractivity contribution >= 4 is 5.91 Å². The number of carbonyl (C=O) groups is 1. The van der Waals surface area contributed by atoms with Gasteiger partial charge in [0, 0.05) is 12.1 Å². The molecule has 0 saturated heterocycles. The fourth-order valence-electron chi connectivity index (χ4n) is 1.38. The first-order valence-corrected chi connectivity index (χ1v) is 4.98. The molecule has 0 radical (unpaired) electrons. The highest BCUT2D eigenvalue weighted by Crippen LogP contribution is 2.29. The summed E-state index contributed by atoms with van der Waals surface area (Å²) in [6.07, 6.45) is 3.83. The van der Waals surface area contributed by atoms with E-state index in [1.54, 1.807) is 6.20 Å². The summed E-state index contributed by atoms with van der Waals surface area (Å²) in [6, 6.07) is 5.75. The van der Waals surface area contributed by atoms with E-state index in [1.807, 2.05) is 25.1 Å². The predicted octanol–water partition coefficient (Wildman–Crippen LogP) is 1.67. The highest BCUT2D eigenvalue weighted by atomic mass is 16.2. The van der Waals surface area contributed by atoms with Gasteiger partial charge in [-0.15, -0.1) is 0 Å². The number of nitrogens with one attached hydrogen (secondary N) is 1. The van der Waals surface area contributed by atoms with E-state index in [1.165, 1.54) is 0 Å². The Morgan fingerprint density at radius 2 is 2.36 bits per heavy atom. The van der Waals surface area contributed by atoms with Crippen molar-refractivity contribution in [3.8, 4) is 0 Å². The van der Waals surface area contributed by atoms with Gasteiger partial charge in [0.05, 0.1) is 11.7 Å². The SMILES string of the molecule is CC(NC(=O)C1CC1)c1ccccn1. The van der Waals surface area contributed by atoms with Gasteiger partial charge in [0.15, 0.2) is 0 Å². The van der Waals surface area contributed by atoms with Gasteiger partial charge in [-0.2, -0.15) is 0 Å². The maximum atomic E-state index is 11.5. The molecule has 0 aromatic carbocycles. The van der Waals surface area contributed by atoms with Gasteiger partial charge in [0.2, 0.25) is 5.91 Å². The smallest absolute Gasteiger partial charge is 0.223 e. The number of aromatic nitrogens is 1. The second-order valence-electron chi connectivity index (χ2n) is 3.76. The first-order chi connectivity index (χ1) is 6.77. The van der Waals surface area contributed by atoms with E-state index in [9.17, 15) is 4.79 Å². The third-order valence-corrected chi connectivity index (χ3v) is 2.44. The number of pyridine rings is 1. The summed E-state index contributed by atoms with van der Waals surface area (Å²) in [5, 5.41) is 2.96. The molecule has 1 N–H and O–H groups in total. The minimum absolute atomic E-state index is 0.0179. The summed E-state index contributed by atoms with van der Waals surface area (Å²) < 4.78 is 0. The second kappa shape index (κ2) is 3.78. The summed E-state index contributed by atoms with van der Waals surface area (Å²) in [7, 11) is 0. The van der Waals surface area contributed by atoms with Crippen molar-refractivity contribution in [2.24, 2.45) is 5.92 Å². The lowest BCUT2D eigenvalue weighted by atomic mass is 10.2. The number of amides is 1. The van der Waals surface area contributed by atoms with E-state index in [0.29, 0.717) is 0 Å². The highest BCUT2D eigenvalue weighted by Gasteiger charge is 2.30. The number of hydrogen-bond acceptors (Lipinski definition) is 2. The van der Waals surface area contributed by atoms with Gasteiger partial charge < -0.3 is 5.32 Å². The molecule has 1 aliphatic rings. The van der Waals surface area contributed by atoms with E-state index >= 15 is 0 Å². The zero-order chi connectivity index (χ0) is 9.97. The first-order valence-electron chi connectivity index (χ1n) is 4.98. The molecule has 0 bridgehead atoms. The molecule has 1 unspecified atom stereocenters. The van der Waals surface area contributed by atoms with Crippen LogP contribution >= 0.6 is 0 Å². The molecule has 3 heteroatoms. The van der Waals surface area contributed by atoms with Crippen molar-refractivity contribution in [3.05, 3.63) is 30.1 Å². The second-order valence-corrected chi connectivity index (χ2v) is 3.76. The molecule has 1 fully saturated rings. The van der Waals surface area contributed by atoms with Crippen molar-refractivity contribution in [1.29, 1.82) is 0 Å². The maximum Gasteiger partial charge on any atom is 0.223 e. The van der Waals surface area contributed by atoms with Gasteiger partial charge in [-0.05, 0) is 31.9 Å². The van der Waals surface area contributed by atoms with Gasteiger partial charge >= 0.3 is 0 Å². The van der Waals surface area contributed by atoms with Crippen molar-refractivity contribution in [3.63, 3.8) is 0 Å². The molecule has 1 aromatic heterocycles. The molecule has 0 aliphatic heterocycles. The van der Waals surface area contributed by atoms with Crippen molar-refractivity contribution in [2.75, 3.05) is 0 Å². The Labute approximate surface area is 83.5 Å². The summed E-state index contributed by atoms with van der Waals surface area (Å²) in [5.74, 6) is 0.435. The van der Waals surface area contributed by atoms with Crippen LogP contribution in [0.5, 0.6) is 0 Å². The van der Waals surface area contributed by atoms with Crippen molar-refractivity contribution in [2.45, 2.75) is 25.8 Å². The Kier molecular flexibility index (Phi) is 2.48. The van der Waals surface area contributed by atoms with Crippen LogP contribution < -0.4 is 5.32 Å². The molecule has 14 heavy (non-hydrogen) atoms. The lowest BCUT2D eigenvalue weighted by Gasteiger charge is -2.12. The molecular formula is C11H14N2O. The van der Waals surface area contributed by atoms with Crippen molar-refractivity contribution < 1.29 is 4.79 Å². The molecule has 2 rings (SSSR count). The van der Waals surface area contributed by atoms with Crippen LogP contribution in [-0.4, -0.2) is 10.9 Å². The largest absolute Gasteiger partial charge is 0.348 e. The topological polar surface area (TPSA) is 42.0 Å². The number of carbonyl (C=O) groups excluding carboxylic acids is 1. The average molecular weight is 190 g/mol. The quantitative estimate of drug-likeness (QED) is 0.787. The summed E-state index contributed by atoms with van der Waals surface area (Å²) in [5.41, 5.74) is 0.918. The Bertz CT molecular complexity index is 319. The van der Waals surface area contributed by atoms with Crippen LogP contribution in [0.2, 0.25) is 0 Å². The van der Waals surface area contributed by atoms with E-state index in [-0.39, 0.29) is 17.9 Å². The van der Waals surface area contributed by atoms with Crippen LogP contribution in [0.3, 0.4) is 0 Å². The summed E-state index contributed by atoms with van der Waals surface area (Å²) in [4.78, 5) is 15.6.